The molecule has 4 aromatic rings. The summed E-state index contributed by atoms with van der Waals surface area (Å²) >= 11 is 0. The van der Waals surface area contributed by atoms with E-state index in [-0.39, 0.29) is 23.4 Å². The summed E-state index contributed by atoms with van der Waals surface area (Å²) in [6.07, 6.45) is 2.39. The Labute approximate surface area is 218 Å². The van der Waals surface area contributed by atoms with Crippen molar-refractivity contribution in [3.8, 4) is 0 Å². The summed E-state index contributed by atoms with van der Waals surface area (Å²) < 4.78 is 50.9. The second-order valence-electron chi connectivity index (χ2n) is 11.3. The molecule has 4 rings (SSSR count). The van der Waals surface area contributed by atoms with Gasteiger partial charge in [0.1, 0.15) is 0 Å². The monoisotopic (exact) mass is 526 g/mol. The van der Waals surface area contributed by atoms with Gasteiger partial charge in [-0.15, -0.1) is 0 Å². The number of aromatic amines is 1. The molecule has 3 N–H and O–H groups in total. The third kappa shape index (κ3) is 6.00. The van der Waals surface area contributed by atoms with Gasteiger partial charge in [0.25, 0.3) is 0 Å². The van der Waals surface area contributed by atoms with Crippen molar-refractivity contribution in [2.75, 3.05) is 13.2 Å². The Balaban J connectivity index is 1.49. The topological polar surface area (TPSA) is 41.6 Å². The minimum atomic E-state index is -3.43. The molecular weight excluding hydrogens is 489 g/mol. The van der Waals surface area contributed by atoms with Crippen LogP contribution in [-0.2, 0) is 10.8 Å². The van der Waals surface area contributed by atoms with E-state index in [9.17, 15) is 4.39 Å². The zero-order valence-corrected chi connectivity index (χ0v) is 23.1. The van der Waals surface area contributed by atoms with Gasteiger partial charge in [0.05, 0.1) is 0 Å². The van der Waals surface area contributed by atoms with Crippen molar-refractivity contribution in [2.45, 2.75) is 51.1 Å². The SMILES string of the molecule is C[C@H](Cc1c[nH]c2ccc(F)cc12)[NH2+]CC(F)(F)CO[SiH-](c1ccccc1)(c1ccccc1)C(C)(C)C. The van der Waals surface area contributed by atoms with E-state index >= 15 is 8.78 Å². The molecule has 0 aliphatic heterocycles. The van der Waals surface area contributed by atoms with Crippen LogP contribution in [0.25, 0.3) is 10.9 Å². The van der Waals surface area contributed by atoms with Gasteiger partial charge in [0.15, 0.2) is 0 Å². The number of fused-ring (bicyclic) bond motifs is 1. The molecule has 0 amide bonds. The first-order valence-corrected chi connectivity index (χ1v) is 15.1. The van der Waals surface area contributed by atoms with Gasteiger partial charge in [-0.1, -0.05) is 0 Å². The van der Waals surface area contributed by atoms with Gasteiger partial charge in [-0.25, -0.2) is 0 Å². The zero-order chi connectivity index (χ0) is 26.7. The average molecular weight is 527 g/mol. The zero-order valence-electron chi connectivity index (χ0n) is 22.0. The number of nitrogens with one attached hydrogen (secondary N) is 1. The van der Waals surface area contributed by atoms with Crippen molar-refractivity contribution >= 4 is 29.6 Å². The van der Waals surface area contributed by atoms with Crippen LogP contribution in [0.15, 0.2) is 85.1 Å². The summed E-state index contributed by atoms with van der Waals surface area (Å²) in [6.45, 7) is 7.17. The number of rotatable bonds is 10. The Morgan fingerprint density at radius 1 is 0.919 bits per heavy atom. The van der Waals surface area contributed by atoms with E-state index in [0.717, 1.165) is 26.8 Å². The normalized spacial score (nSPS) is 14.1. The maximum atomic E-state index is 15.3. The van der Waals surface area contributed by atoms with Crippen LogP contribution < -0.4 is 15.7 Å². The third-order valence-electron chi connectivity index (χ3n) is 7.39. The number of nitrogens with two attached hydrogens (primary N) is 1. The minimum absolute atomic E-state index is 0.108. The predicted octanol–water partition coefficient (Wildman–Crippen LogP) is 4.75. The third-order valence-corrected chi connectivity index (χ3v) is 13.1. The van der Waals surface area contributed by atoms with Crippen LogP contribution in [0.4, 0.5) is 13.2 Å². The molecule has 3 aromatic carbocycles. The van der Waals surface area contributed by atoms with Crippen LogP contribution in [0.3, 0.4) is 0 Å². The Kier molecular flexibility index (Phi) is 7.97. The molecule has 0 unspecified atom stereocenters. The van der Waals surface area contributed by atoms with E-state index in [1.807, 2.05) is 73.8 Å². The standard InChI is InChI=1S/C30H36F3N2OSi/c1-22(17-23-19-34-28-16-15-24(31)18-27(23)28)35-20-30(32,33)21-36-37(29(2,3)4,25-11-7-5-8-12-25)26-13-9-6-10-14-26/h5-16,18-19,22,34-35,37H,17,20-21H2,1-4H3/q-1/p+1/t22-/m1/s1. The molecule has 0 spiro atoms. The molecule has 0 saturated heterocycles. The van der Waals surface area contributed by atoms with E-state index in [1.165, 1.54) is 12.1 Å². The Morgan fingerprint density at radius 2 is 1.51 bits per heavy atom. The Morgan fingerprint density at radius 3 is 2.08 bits per heavy atom. The Hall–Kier alpha value is -2.87. The molecule has 3 nitrogen and oxygen atoms in total. The summed E-state index contributed by atoms with van der Waals surface area (Å²) in [5.74, 6) is -3.32. The summed E-state index contributed by atoms with van der Waals surface area (Å²) in [7, 11) is -3.43. The number of alkyl halides is 2. The van der Waals surface area contributed by atoms with Crippen molar-refractivity contribution < 1.29 is 22.9 Å². The maximum absolute atomic E-state index is 15.3. The van der Waals surface area contributed by atoms with Gasteiger partial charge in [0, 0.05) is 0 Å². The molecule has 37 heavy (non-hydrogen) atoms. The number of H-pyrrole nitrogens is 1. The summed E-state index contributed by atoms with van der Waals surface area (Å²) in [6, 6.07) is 24.2. The number of hydrogen-bond acceptors (Lipinski definition) is 1. The molecule has 0 aliphatic rings. The number of quaternary nitrogens is 1. The van der Waals surface area contributed by atoms with Crippen molar-refractivity contribution in [1.82, 2.24) is 4.98 Å². The molecule has 1 heterocycles. The molecule has 1 aromatic heterocycles. The molecule has 0 fully saturated rings. The number of aromatic nitrogens is 1. The van der Waals surface area contributed by atoms with Gasteiger partial charge in [-0.3, -0.25) is 0 Å². The molecule has 0 aliphatic carbocycles. The number of halogens is 3. The second-order valence-corrected chi connectivity index (χ2v) is 16.2. The van der Waals surface area contributed by atoms with Gasteiger partial charge in [-0.2, -0.15) is 0 Å². The fourth-order valence-electron chi connectivity index (χ4n) is 5.51. The van der Waals surface area contributed by atoms with Crippen molar-refractivity contribution in [2.24, 2.45) is 0 Å². The van der Waals surface area contributed by atoms with E-state index in [2.05, 4.69) is 25.8 Å². The molecule has 7 heteroatoms. The van der Waals surface area contributed by atoms with E-state index < -0.39 is 20.8 Å². The first kappa shape index (κ1) is 27.2. The van der Waals surface area contributed by atoms with Crippen LogP contribution in [0.1, 0.15) is 33.3 Å². The molecule has 198 valence electrons. The van der Waals surface area contributed by atoms with Crippen LogP contribution in [0.2, 0.25) is 5.04 Å². The molecular formula is C30H37F3N2OSi. The van der Waals surface area contributed by atoms with Crippen molar-refractivity contribution in [3.63, 3.8) is 0 Å². The van der Waals surface area contributed by atoms with Gasteiger partial charge in [-0.05, 0) is 0 Å². The van der Waals surface area contributed by atoms with Gasteiger partial charge in [0.2, 0.25) is 0 Å². The van der Waals surface area contributed by atoms with Crippen LogP contribution in [0, 0.1) is 5.82 Å². The molecule has 1 atom stereocenters. The fourth-order valence-corrected chi connectivity index (χ4v) is 10.8. The average Bonchev–Trinajstić information content (AvgIpc) is 3.25. The van der Waals surface area contributed by atoms with E-state index in [0.29, 0.717) is 6.42 Å². The van der Waals surface area contributed by atoms with Gasteiger partial charge < -0.3 is 0 Å². The summed E-state index contributed by atoms with van der Waals surface area (Å²) in [4.78, 5) is 3.13. The van der Waals surface area contributed by atoms with Crippen molar-refractivity contribution in [3.05, 3.63) is 96.4 Å². The first-order valence-electron chi connectivity index (χ1n) is 12.9. The molecule has 0 saturated carbocycles. The van der Waals surface area contributed by atoms with Crippen LogP contribution in [-0.4, -0.2) is 38.4 Å². The van der Waals surface area contributed by atoms with Crippen molar-refractivity contribution in [1.29, 1.82) is 0 Å². The van der Waals surface area contributed by atoms with E-state index in [1.54, 1.807) is 11.4 Å². The van der Waals surface area contributed by atoms with Crippen LogP contribution >= 0.6 is 0 Å². The van der Waals surface area contributed by atoms with Crippen LogP contribution in [0.5, 0.6) is 0 Å². The first-order chi connectivity index (χ1) is 17.5. The number of benzene rings is 3. The summed E-state index contributed by atoms with van der Waals surface area (Å²) in [5, 5.41) is 4.13. The predicted molar refractivity (Wildman–Crippen MR) is 148 cm³/mol. The quantitative estimate of drug-likeness (QED) is 0.288. The van der Waals surface area contributed by atoms with Gasteiger partial charge >= 0.3 is 218 Å². The Bertz CT molecular complexity index is 1260. The molecule has 0 radical (unpaired) electrons. The summed E-state index contributed by atoms with van der Waals surface area (Å²) in [5.41, 5.74) is 1.76. The fraction of sp³-hybridized carbons (Fsp3) is 0.333. The number of hydrogen-bond donors (Lipinski definition) is 2. The van der Waals surface area contributed by atoms with E-state index in [4.69, 9.17) is 4.43 Å². The second kappa shape index (κ2) is 10.9. The molecule has 0 bridgehead atoms.